The van der Waals surface area contributed by atoms with Gasteiger partial charge in [0.25, 0.3) is 0 Å². The molecule has 2 heterocycles. The number of pyridine rings is 1. The maximum atomic E-state index is 4.41. The van der Waals surface area contributed by atoms with Gasteiger partial charge in [0, 0.05) is 43.5 Å². The second-order valence-corrected chi connectivity index (χ2v) is 6.93. The van der Waals surface area contributed by atoms with E-state index in [9.17, 15) is 0 Å². The standard InChI is InChI=1S/C18H29N3/c1-21(13-11-16-7-4-5-12-19-16)14-17-10-9-15-6-2-3-8-18(15)20-17/h4-5,7,12,15,17-18,20H,2-3,6,8-11,13-14H2,1H3. The van der Waals surface area contributed by atoms with E-state index in [1.165, 1.54) is 50.8 Å². The van der Waals surface area contributed by atoms with Crippen molar-refractivity contribution in [2.24, 2.45) is 5.92 Å². The number of nitrogens with zero attached hydrogens (tertiary/aromatic N) is 2. The molecular formula is C18H29N3. The molecule has 1 saturated carbocycles. The number of hydrogen-bond donors (Lipinski definition) is 1. The number of fused-ring (bicyclic) bond motifs is 1. The molecule has 3 heteroatoms. The van der Waals surface area contributed by atoms with Crippen LogP contribution in [0.3, 0.4) is 0 Å². The van der Waals surface area contributed by atoms with Crippen molar-refractivity contribution in [1.82, 2.24) is 15.2 Å². The highest BCUT2D eigenvalue weighted by Gasteiger charge is 2.31. The van der Waals surface area contributed by atoms with E-state index >= 15 is 0 Å². The lowest BCUT2D eigenvalue weighted by Gasteiger charge is -2.41. The molecule has 116 valence electrons. The summed E-state index contributed by atoms with van der Waals surface area (Å²) >= 11 is 0. The molecule has 21 heavy (non-hydrogen) atoms. The van der Waals surface area contributed by atoms with Crippen molar-refractivity contribution in [2.75, 3.05) is 20.1 Å². The summed E-state index contributed by atoms with van der Waals surface area (Å²) in [4.78, 5) is 6.88. The molecule has 3 unspecified atom stereocenters. The van der Waals surface area contributed by atoms with Gasteiger partial charge in [-0.25, -0.2) is 0 Å². The first kappa shape index (κ1) is 15.0. The molecule has 2 fully saturated rings. The van der Waals surface area contributed by atoms with Crippen molar-refractivity contribution in [3.8, 4) is 0 Å². The molecule has 3 nitrogen and oxygen atoms in total. The zero-order valence-electron chi connectivity index (χ0n) is 13.3. The number of hydrogen-bond acceptors (Lipinski definition) is 3. The van der Waals surface area contributed by atoms with Gasteiger partial charge in [0.05, 0.1) is 0 Å². The van der Waals surface area contributed by atoms with Gasteiger partial charge in [0.15, 0.2) is 0 Å². The van der Waals surface area contributed by atoms with Crippen LogP contribution in [0, 0.1) is 5.92 Å². The van der Waals surface area contributed by atoms with Crippen LogP contribution in [0.4, 0.5) is 0 Å². The zero-order chi connectivity index (χ0) is 14.5. The molecule has 3 rings (SSSR count). The number of piperidine rings is 1. The lowest BCUT2D eigenvalue weighted by atomic mass is 9.78. The highest BCUT2D eigenvalue weighted by molar-refractivity contribution is 5.03. The monoisotopic (exact) mass is 287 g/mol. The van der Waals surface area contributed by atoms with Crippen LogP contribution in [0.2, 0.25) is 0 Å². The third-order valence-corrected chi connectivity index (χ3v) is 5.25. The smallest absolute Gasteiger partial charge is 0.0416 e. The lowest BCUT2D eigenvalue weighted by molar-refractivity contribution is 0.153. The zero-order valence-corrected chi connectivity index (χ0v) is 13.3. The van der Waals surface area contributed by atoms with Crippen LogP contribution in [-0.4, -0.2) is 42.1 Å². The first-order valence-electron chi connectivity index (χ1n) is 8.66. The van der Waals surface area contributed by atoms with Crippen molar-refractivity contribution in [2.45, 2.75) is 57.0 Å². The lowest BCUT2D eigenvalue weighted by Crippen LogP contribution is -2.52. The molecule has 3 atom stereocenters. The Kier molecular flexibility index (Phi) is 5.26. The summed E-state index contributed by atoms with van der Waals surface area (Å²) in [6.45, 7) is 2.28. The molecule has 1 aromatic rings. The molecular weight excluding hydrogens is 258 g/mol. The van der Waals surface area contributed by atoms with E-state index in [0.717, 1.165) is 24.9 Å². The van der Waals surface area contributed by atoms with Gasteiger partial charge >= 0.3 is 0 Å². The fourth-order valence-corrected chi connectivity index (χ4v) is 4.04. The van der Waals surface area contributed by atoms with Crippen molar-refractivity contribution >= 4 is 0 Å². The van der Waals surface area contributed by atoms with Gasteiger partial charge in [0.1, 0.15) is 0 Å². The summed E-state index contributed by atoms with van der Waals surface area (Å²) in [5.41, 5.74) is 1.20. The minimum Gasteiger partial charge on any atom is -0.310 e. The molecule has 1 N–H and O–H groups in total. The minimum atomic E-state index is 0.693. The van der Waals surface area contributed by atoms with E-state index < -0.39 is 0 Å². The van der Waals surface area contributed by atoms with Crippen LogP contribution in [0.25, 0.3) is 0 Å². The molecule has 1 aromatic heterocycles. The number of rotatable bonds is 5. The first-order valence-corrected chi connectivity index (χ1v) is 8.66. The quantitative estimate of drug-likeness (QED) is 0.902. The Morgan fingerprint density at radius 2 is 2.10 bits per heavy atom. The fraction of sp³-hybridized carbons (Fsp3) is 0.722. The fourth-order valence-electron chi connectivity index (χ4n) is 4.04. The van der Waals surface area contributed by atoms with Crippen molar-refractivity contribution in [3.05, 3.63) is 30.1 Å². The van der Waals surface area contributed by atoms with Crippen LogP contribution < -0.4 is 5.32 Å². The normalized spacial score (nSPS) is 29.3. The maximum Gasteiger partial charge on any atom is 0.0416 e. The Labute approximate surface area is 129 Å². The van der Waals surface area contributed by atoms with Crippen LogP contribution in [0.15, 0.2) is 24.4 Å². The predicted molar refractivity (Wildman–Crippen MR) is 87.3 cm³/mol. The molecule has 1 saturated heterocycles. The van der Waals surface area contributed by atoms with E-state index in [1.807, 2.05) is 12.3 Å². The molecule has 0 bridgehead atoms. The van der Waals surface area contributed by atoms with E-state index in [0.29, 0.717) is 6.04 Å². The minimum absolute atomic E-state index is 0.693. The van der Waals surface area contributed by atoms with Crippen molar-refractivity contribution in [1.29, 1.82) is 0 Å². The Morgan fingerprint density at radius 3 is 2.95 bits per heavy atom. The second kappa shape index (κ2) is 7.37. The van der Waals surface area contributed by atoms with Gasteiger partial charge in [-0.15, -0.1) is 0 Å². The van der Waals surface area contributed by atoms with E-state index in [2.05, 4.69) is 34.4 Å². The van der Waals surface area contributed by atoms with Crippen molar-refractivity contribution in [3.63, 3.8) is 0 Å². The van der Waals surface area contributed by atoms with Crippen LogP contribution in [-0.2, 0) is 6.42 Å². The average Bonchev–Trinajstić information content (AvgIpc) is 2.54. The molecule has 0 amide bonds. The highest BCUT2D eigenvalue weighted by atomic mass is 15.1. The highest BCUT2D eigenvalue weighted by Crippen LogP contribution is 2.32. The summed E-state index contributed by atoms with van der Waals surface area (Å²) in [5.74, 6) is 0.967. The second-order valence-electron chi connectivity index (χ2n) is 6.93. The molecule has 2 aliphatic rings. The predicted octanol–water partition coefficient (Wildman–Crippen LogP) is 2.87. The molecule has 1 aliphatic heterocycles. The Hall–Kier alpha value is -0.930. The van der Waals surface area contributed by atoms with Crippen molar-refractivity contribution < 1.29 is 0 Å². The summed E-state index contributed by atoms with van der Waals surface area (Å²) in [7, 11) is 2.25. The van der Waals surface area contributed by atoms with Gasteiger partial charge < -0.3 is 10.2 Å². The summed E-state index contributed by atoms with van der Waals surface area (Å²) in [6.07, 6.45) is 11.5. The van der Waals surface area contributed by atoms with Crippen LogP contribution in [0.1, 0.15) is 44.2 Å². The summed E-state index contributed by atoms with van der Waals surface area (Å²) in [6, 6.07) is 7.69. The van der Waals surface area contributed by atoms with Gasteiger partial charge in [-0.1, -0.05) is 18.9 Å². The van der Waals surface area contributed by atoms with Crippen LogP contribution >= 0.6 is 0 Å². The average molecular weight is 287 g/mol. The van der Waals surface area contributed by atoms with Gasteiger partial charge in [0.2, 0.25) is 0 Å². The summed E-state index contributed by atoms with van der Waals surface area (Å²) in [5, 5.41) is 3.93. The van der Waals surface area contributed by atoms with E-state index in [1.54, 1.807) is 0 Å². The van der Waals surface area contributed by atoms with E-state index in [4.69, 9.17) is 0 Å². The number of nitrogens with one attached hydrogen (secondary N) is 1. The SMILES string of the molecule is CN(CCc1ccccn1)CC1CCC2CCCCC2N1. The molecule has 0 aromatic carbocycles. The van der Waals surface area contributed by atoms with Gasteiger partial charge in [-0.2, -0.15) is 0 Å². The first-order chi connectivity index (χ1) is 10.3. The number of likely N-dealkylation sites (N-methyl/N-ethyl adjacent to an activating group) is 1. The van der Waals surface area contributed by atoms with Crippen LogP contribution in [0.5, 0.6) is 0 Å². The van der Waals surface area contributed by atoms with Gasteiger partial charge in [-0.05, 0) is 50.8 Å². The topological polar surface area (TPSA) is 28.2 Å². The number of aromatic nitrogens is 1. The Balaban J connectivity index is 1.41. The summed E-state index contributed by atoms with van der Waals surface area (Å²) < 4.78 is 0. The third-order valence-electron chi connectivity index (χ3n) is 5.25. The molecule has 0 radical (unpaired) electrons. The molecule has 1 aliphatic carbocycles. The third kappa shape index (κ3) is 4.27. The maximum absolute atomic E-state index is 4.41. The largest absolute Gasteiger partial charge is 0.310 e. The Bertz CT molecular complexity index is 420. The van der Waals surface area contributed by atoms with E-state index in [-0.39, 0.29) is 0 Å². The molecule has 0 spiro atoms. The Morgan fingerprint density at radius 1 is 1.19 bits per heavy atom. The van der Waals surface area contributed by atoms with Gasteiger partial charge in [-0.3, -0.25) is 4.98 Å².